The van der Waals surface area contributed by atoms with Crippen molar-refractivity contribution < 1.29 is 0 Å². The molecule has 0 aliphatic rings. The van der Waals surface area contributed by atoms with E-state index in [9.17, 15) is 0 Å². The molecule has 0 aliphatic heterocycles. The quantitative estimate of drug-likeness (QED) is 0.816. The summed E-state index contributed by atoms with van der Waals surface area (Å²) in [6.45, 7) is 4.89. The van der Waals surface area contributed by atoms with Crippen LogP contribution in [-0.2, 0) is 13.0 Å². The summed E-state index contributed by atoms with van der Waals surface area (Å²) in [5.41, 5.74) is 1.79. The topological polar surface area (TPSA) is 43.6 Å². The fourth-order valence-corrected chi connectivity index (χ4v) is 2.13. The molecule has 0 N–H and O–H groups in total. The zero-order valence-electron chi connectivity index (χ0n) is 9.61. The van der Waals surface area contributed by atoms with Crippen molar-refractivity contribution in [1.82, 2.24) is 19.7 Å². The monoisotopic (exact) mass is 314 g/mol. The van der Waals surface area contributed by atoms with Gasteiger partial charge in [-0.05, 0) is 29.3 Å². The summed E-state index contributed by atoms with van der Waals surface area (Å²) in [5, 5.41) is 4.64. The highest BCUT2D eigenvalue weighted by atomic mass is 79.9. The van der Waals surface area contributed by atoms with Crippen LogP contribution in [-0.4, -0.2) is 19.7 Å². The molecule has 2 aromatic rings. The number of hydrogen-bond acceptors (Lipinski definition) is 3. The predicted molar refractivity (Wildman–Crippen MR) is 71.0 cm³/mol. The number of aromatic nitrogens is 4. The van der Waals surface area contributed by atoms with E-state index < -0.39 is 0 Å². The lowest BCUT2D eigenvalue weighted by Gasteiger charge is -2.04. The molecule has 0 saturated heterocycles. The van der Waals surface area contributed by atoms with Crippen molar-refractivity contribution in [3.63, 3.8) is 0 Å². The van der Waals surface area contributed by atoms with Gasteiger partial charge in [-0.2, -0.15) is 5.10 Å². The molecule has 17 heavy (non-hydrogen) atoms. The van der Waals surface area contributed by atoms with Gasteiger partial charge in [-0.25, -0.2) is 9.97 Å². The molecule has 0 spiro atoms. The van der Waals surface area contributed by atoms with Gasteiger partial charge in [-0.3, -0.25) is 4.68 Å². The molecule has 0 saturated carbocycles. The number of rotatable bonds is 3. The summed E-state index contributed by atoms with van der Waals surface area (Å²) < 4.78 is 2.61. The Bertz CT molecular complexity index is 538. The summed E-state index contributed by atoms with van der Waals surface area (Å²) in [4.78, 5) is 8.73. The van der Waals surface area contributed by atoms with E-state index in [1.807, 2.05) is 24.7 Å². The van der Waals surface area contributed by atoms with Crippen molar-refractivity contribution in [1.29, 1.82) is 0 Å². The van der Waals surface area contributed by atoms with E-state index in [2.05, 4.69) is 31.0 Å². The van der Waals surface area contributed by atoms with Crippen molar-refractivity contribution in [3.05, 3.63) is 27.7 Å². The van der Waals surface area contributed by atoms with Crippen LogP contribution in [0.4, 0.5) is 0 Å². The molecule has 0 aliphatic carbocycles. The van der Waals surface area contributed by atoms with Crippen LogP contribution in [0.1, 0.15) is 19.5 Å². The zero-order chi connectivity index (χ0) is 12.4. The Balaban J connectivity index is 2.48. The van der Waals surface area contributed by atoms with Gasteiger partial charge in [0.15, 0.2) is 5.82 Å². The van der Waals surface area contributed by atoms with E-state index in [0.29, 0.717) is 11.0 Å². The molecule has 6 heteroatoms. The Morgan fingerprint density at radius 1 is 1.35 bits per heavy atom. The molecular formula is C11H12BrClN4. The predicted octanol–water partition coefficient (Wildman–Crippen LogP) is 3.34. The standard InChI is InChI=1S/C11H12BrClN4/c1-3-8-9(12)10(13)16-11(15-8)7-5-14-17(4-2)6-7/h5-6H,3-4H2,1-2H3. The minimum Gasteiger partial charge on any atom is -0.272 e. The highest BCUT2D eigenvalue weighted by Crippen LogP contribution is 2.26. The highest BCUT2D eigenvalue weighted by Gasteiger charge is 2.12. The number of nitrogens with zero attached hydrogens (tertiary/aromatic N) is 4. The van der Waals surface area contributed by atoms with Crippen molar-refractivity contribution in [2.45, 2.75) is 26.8 Å². The molecule has 0 amide bonds. The Morgan fingerprint density at radius 2 is 2.12 bits per heavy atom. The molecule has 90 valence electrons. The summed E-state index contributed by atoms with van der Waals surface area (Å²) in [6.07, 6.45) is 4.47. The van der Waals surface area contributed by atoms with Gasteiger partial charge in [-0.15, -0.1) is 0 Å². The molecule has 0 radical (unpaired) electrons. The van der Waals surface area contributed by atoms with Crippen LogP contribution >= 0.6 is 27.5 Å². The number of aryl methyl sites for hydroxylation is 2. The highest BCUT2D eigenvalue weighted by molar-refractivity contribution is 9.10. The van der Waals surface area contributed by atoms with Crippen LogP contribution in [0.15, 0.2) is 16.9 Å². The fourth-order valence-electron chi connectivity index (χ4n) is 1.48. The second-order valence-corrected chi connectivity index (χ2v) is 4.69. The van der Waals surface area contributed by atoms with Gasteiger partial charge in [-0.1, -0.05) is 18.5 Å². The average Bonchev–Trinajstić information content (AvgIpc) is 2.81. The molecular weight excluding hydrogens is 304 g/mol. The van der Waals surface area contributed by atoms with E-state index in [4.69, 9.17) is 11.6 Å². The number of halogens is 2. The molecule has 0 unspecified atom stereocenters. The maximum atomic E-state index is 6.06. The minimum atomic E-state index is 0.441. The Labute approximate surface area is 113 Å². The largest absolute Gasteiger partial charge is 0.272 e. The molecule has 0 fully saturated rings. The van der Waals surface area contributed by atoms with Gasteiger partial charge >= 0.3 is 0 Å². The van der Waals surface area contributed by atoms with Crippen LogP contribution in [0.2, 0.25) is 5.15 Å². The minimum absolute atomic E-state index is 0.441. The van der Waals surface area contributed by atoms with Crippen molar-refractivity contribution in [2.24, 2.45) is 0 Å². The second-order valence-electron chi connectivity index (χ2n) is 3.54. The van der Waals surface area contributed by atoms with Crippen molar-refractivity contribution in [2.75, 3.05) is 0 Å². The fraction of sp³-hybridized carbons (Fsp3) is 0.364. The van der Waals surface area contributed by atoms with Crippen molar-refractivity contribution in [3.8, 4) is 11.4 Å². The first-order valence-corrected chi connectivity index (χ1v) is 6.57. The van der Waals surface area contributed by atoms with Gasteiger partial charge in [0.2, 0.25) is 0 Å². The van der Waals surface area contributed by atoms with E-state index in [1.54, 1.807) is 6.20 Å². The van der Waals surface area contributed by atoms with E-state index in [1.165, 1.54) is 0 Å². The lowest BCUT2D eigenvalue weighted by atomic mass is 10.3. The van der Waals surface area contributed by atoms with E-state index in [0.717, 1.165) is 28.7 Å². The Hall–Kier alpha value is -0.940. The lowest BCUT2D eigenvalue weighted by Crippen LogP contribution is -1.97. The molecule has 2 aromatic heterocycles. The van der Waals surface area contributed by atoms with Crippen LogP contribution in [0.25, 0.3) is 11.4 Å². The molecule has 0 bridgehead atoms. The van der Waals surface area contributed by atoms with Gasteiger partial charge in [0, 0.05) is 12.7 Å². The third kappa shape index (κ3) is 2.50. The van der Waals surface area contributed by atoms with Gasteiger partial charge in [0.25, 0.3) is 0 Å². The second kappa shape index (κ2) is 5.14. The van der Waals surface area contributed by atoms with E-state index in [-0.39, 0.29) is 0 Å². The first kappa shape index (κ1) is 12.5. The molecule has 0 atom stereocenters. The molecule has 0 aromatic carbocycles. The summed E-state index contributed by atoms with van der Waals surface area (Å²) >= 11 is 9.45. The number of hydrogen-bond donors (Lipinski definition) is 0. The first-order valence-electron chi connectivity index (χ1n) is 5.40. The third-order valence-corrected chi connectivity index (χ3v) is 3.76. The zero-order valence-corrected chi connectivity index (χ0v) is 12.0. The summed E-state index contributed by atoms with van der Waals surface area (Å²) in [7, 11) is 0. The third-order valence-electron chi connectivity index (χ3n) is 2.43. The van der Waals surface area contributed by atoms with Gasteiger partial charge < -0.3 is 0 Å². The molecule has 2 heterocycles. The summed E-state index contributed by atoms with van der Waals surface area (Å²) in [5.74, 6) is 0.620. The van der Waals surface area contributed by atoms with Crippen LogP contribution in [0, 0.1) is 0 Å². The normalized spacial score (nSPS) is 10.8. The smallest absolute Gasteiger partial charge is 0.164 e. The van der Waals surface area contributed by atoms with Crippen LogP contribution in [0.5, 0.6) is 0 Å². The maximum Gasteiger partial charge on any atom is 0.164 e. The average molecular weight is 316 g/mol. The van der Waals surface area contributed by atoms with E-state index >= 15 is 0 Å². The van der Waals surface area contributed by atoms with Crippen LogP contribution in [0.3, 0.4) is 0 Å². The van der Waals surface area contributed by atoms with Gasteiger partial charge in [0.05, 0.1) is 21.9 Å². The molecule has 4 nitrogen and oxygen atoms in total. The lowest BCUT2D eigenvalue weighted by molar-refractivity contribution is 0.660. The van der Waals surface area contributed by atoms with Crippen molar-refractivity contribution >= 4 is 27.5 Å². The Morgan fingerprint density at radius 3 is 2.71 bits per heavy atom. The van der Waals surface area contributed by atoms with Crippen LogP contribution < -0.4 is 0 Å². The summed E-state index contributed by atoms with van der Waals surface area (Å²) in [6, 6.07) is 0. The maximum absolute atomic E-state index is 6.06. The molecule has 2 rings (SSSR count). The van der Waals surface area contributed by atoms with Gasteiger partial charge in [0.1, 0.15) is 5.15 Å². The SMILES string of the molecule is CCc1nc(-c2cnn(CC)c2)nc(Cl)c1Br. The first-order chi connectivity index (χ1) is 8.15. The Kier molecular flexibility index (Phi) is 3.79.